The van der Waals surface area contributed by atoms with Gasteiger partial charge in [-0.1, -0.05) is 0 Å². The largest absolute Gasteiger partial charge is 0.384 e. The summed E-state index contributed by atoms with van der Waals surface area (Å²) < 4.78 is 0. The molecule has 0 spiro atoms. The number of nitrogens with zero attached hydrogens (tertiary/aromatic N) is 1. The molecule has 4 heteroatoms. The number of fused-ring (bicyclic) bond motifs is 1. The molecule has 1 aliphatic rings. The standard InChI is InChI=1S/C9H6N2O2/c10-8-4-1-5-6(12)2-3-7(13)9(5)11-8/h1-4H,(H2,10,11). The van der Waals surface area contributed by atoms with Crippen molar-refractivity contribution in [3.63, 3.8) is 0 Å². The lowest BCUT2D eigenvalue weighted by Gasteiger charge is -2.07. The highest BCUT2D eigenvalue weighted by molar-refractivity contribution is 6.21. The van der Waals surface area contributed by atoms with Crippen molar-refractivity contribution in [3.05, 3.63) is 35.5 Å². The van der Waals surface area contributed by atoms with Gasteiger partial charge in [-0.25, -0.2) is 4.98 Å². The lowest BCUT2D eigenvalue weighted by Crippen LogP contribution is -2.14. The van der Waals surface area contributed by atoms with Crippen molar-refractivity contribution in [2.75, 3.05) is 5.73 Å². The summed E-state index contributed by atoms with van der Waals surface area (Å²) in [6.45, 7) is 0. The zero-order chi connectivity index (χ0) is 9.42. The molecule has 13 heavy (non-hydrogen) atoms. The van der Waals surface area contributed by atoms with Gasteiger partial charge in [0.25, 0.3) is 0 Å². The summed E-state index contributed by atoms with van der Waals surface area (Å²) in [5.74, 6) is -0.237. The van der Waals surface area contributed by atoms with Gasteiger partial charge in [0.05, 0.1) is 5.56 Å². The quantitative estimate of drug-likeness (QED) is 0.625. The summed E-state index contributed by atoms with van der Waals surface area (Å²) in [6.07, 6.45) is 2.44. The summed E-state index contributed by atoms with van der Waals surface area (Å²) in [5, 5.41) is 0. The molecule has 0 aliphatic heterocycles. The van der Waals surface area contributed by atoms with Gasteiger partial charge in [0.15, 0.2) is 5.78 Å². The van der Waals surface area contributed by atoms with Gasteiger partial charge in [-0.3, -0.25) is 9.59 Å². The lowest BCUT2D eigenvalue weighted by molar-refractivity contribution is 0.0990. The van der Waals surface area contributed by atoms with Crippen LogP contribution in [-0.4, -0.2) is 16.6 Å². The minimum atomic E-state index is -0.276. The molecule has 0 amide bonds. The van der Waals surface area contributed by atoms with Crippen molar-refractivity contribution < 1.29 is 9.59 Å². The molecule has 0 fully saturated rings. The minimum absolute atomic E-state index is 0.146. The van der Waals surface area contributed by atoms with E-state index in [1.165, 1.54) is 24.3 Å². The normalized spacial score (nSPS) is 14.5. The van der Waals surface area contributed by atoms with Crippen LogP contribution in [0.3, 0.4) is 0 Å². The van der Waals surface area contributed by atoms with E-state index in [2.05, 4.69) is 4.98 Å². The summed E-state index contributed by atoms with van der Waals surface area (Å²) in [5.41, 5.74) is 5.86. The van der Waals surface area contributed by atoms with Crippen molar-refractivity contribution in [1.82, 2.24) is 4.98 Å². The van der Waals surface area contributed by atoms with Crippen LogP contribution >= 0.6 is 0 Å². The average Bonchev–Trinajstić information content (AvgIpc) is 2.12. The Kier molecular flexibility index (Phi) is 1.48. The molecule has 2 N–H and O–H groups in total. The van der Waals surface area contributed by atoms with Crippen molar-refractivity contribution in [2.45, 2.75) is 0 Å². The predicted octanol–water partition coefficient (Wildman–Crippen LogP) is 0.599. The number of anilines is 1. The van der Waals surface area contributed by atoms with Gasteiger partial charge in [-0.2, -0.15) is 0 Å². The maximum absolute atomic E-state index is 11.2. The van der Waals surface area contributed by atoms with Crippen LogP contribution in [0, 0.1) is 0 Å². The van der Waals surface area contributed by atoms with Crippen molar-refractivity contribution in [3.8, 4) is 0 Å². The number of carbonyl (C=O) groups excluding carboxylic acids is 2. The van der Waals surface area contributed by atoms with Gasteiger partial charge in [0, 0.05) is 0 Å². The van der Waals surface area contributed by atoms with E-state index in [1.807, 2.05) is 0 Å². The zero-order valence-electron chi connectivity index (χ0n) is 6.65. The second-order valence-corrected chi connectivity index (χ2v) is 2.69. The third kappa shape index (κ3) is 1.12. The number of allylic oxidation sites excluding steroid dienone is 2. The Hall–Kier alpha value is -1.97. The molecule has 0 saturated carbocycles. The predicted molar refractivity (Wildman–Crippen MR) is 46.5 cm³/mol. The van der Waals surface area contributed by atoms with Crippen LogP contribution in [0.1, 0.15) is 20.8 Å². The topological polar surface area (TPSA) is 73.0 Å². The molecular weight excluding hydrogens is 168 g/mol. The Morgan fingerprint density at radius 2 is 1.77 bits per heavy atom. The summed E-state index contributed by atoms with van der Waals surface area (Å²) in [7, 11) is 0. The van der Waals surface area contributed by atoms with E-state index in [4.69, 9.17) is 5.73 Å². The van der Waals surface area contributed by atoms with E-state index >= 15 is 0 Å². The highest BCUT2D eigenvalue weighted by Gasteiger charge is 2.19. The van der Waals surface area contributed by atoms with E-state index in [0.717, 1.165) is 0 Å². The Morgan fingerprint density at radius 3 is 2.54 bits per heavy atom. The van der Waals surface area contributed by atoms with Crippen LogP contribution in [0.15, 0.2) is 24.3 Å². The van der Waals surface area contributed by atoms with Gasteiger partial charge in [0.1, 0.15) is 11.5 Å². The molecule has 1 aliphatic carbocycles. The summed E-state index contributed by atoms with van der Waals surface area (Å²) in [4.78, 5) is 26.3. The van der Waals surface area contributed by atoms with Crippen LogP contribution < -0.4 is 5.73 Å². The first-order valence-corrected chi connectivity index (χ1v) is 3.72. The molecule has 0 saturated heterocycles. The molecule has 1 aromatic rings. The second-order valence-electron chi connectivity index (χ2n) is 2.69. The van der Waals surface area contributed by atoms with E-state index < -0.39 is 0 Å². The second kappa shape index (κ2) is 2.52. The van der Waals surface area contributed by atoms with Crippen LogP contribution in [0.25, 0.3) is 0 Å². The van der Waals surface area contributed by atoms with Crippen molar-refractivity contribution in [2.24, 2.45) is 0 Å². The van der Waals surface area contributed by atoms with E-state index in [9.17, 15) is 9.59 Å². The number of hydrogen-bond acceptors (Lipinski definition) is 4. The summed E-state index contributed by atoms with van der Waals surface area (Å²) >= 11 is 0. The van der Waals surface area contributed by atoms with Gasteiger partial charge < -0.3 is 5.73 Å². The fraction of sp³-hybridized carbons (Fsp3) is 0. The average molecular weight is 174 g/mol. The molecule has 0 bridgehead atoms. The molecule has 4 nitrogen and oxygen atoms in total. The van der Waals surface area contributed by atoms with E-state index in [0.29, 0.717) is 5.56 Å². The Bertz CT molecular complexity index is 435. The molecule has 0 aromatic carbocycles. The minimum Gasteiger partial charge on any atom is -0.384 e. The zero-order valence-corrected chi connectivity index (χ0v) is 6.65. The number of carbonyl (C=O) groups is 2. The lowest BCUT2D eigenvalue weighted by atomic mass is 10.0. The van der Waals surface area contributed by atoms with Crippen molar-refractivity contribution in [1.29, 1.82) is 0 Å². The van der Waals surface area contributed by atoms with Crippen LogP contribution in [0.4, 0.5) is 5.82 Å². The van der Waals surface area contributed by atoms with Crippen molar-refractivity contribution >= 4 is 17.4 Å². The number of rotatable bonds is 0. The van der Waals surface area contributed by atoms with Crippen LogP contribution in [0.2, 0.25) is 0 Å². The molecular formula is C9H6N2O2. The Labute approximate surface area is 74.1 Å². The first-order chi connectivity index (χ1) is 6.18. The van der Waals surface area contributed by atoms with E-state index in [-0.39, 0.29) is 23.1 Å². The molecule has 1 heterocycles. The number of hydrogen-bond donors (Lipinski definition) is 1. The fourth-order valence-electron chi connectivity index (χ4n) is 1.18. The van der Waals surface area contributed by atoms with Crippen LogP contribution in [0.5, 0.6) is 0 Å². The van der Waals surface area contributed by atoms with Gasteiger partial charge in [-0.05, 0) is 24.3 Å². The SMILES string of the molecule is Nc1ccc2c(n1)C(=O)C=CC2=O. The van der Waals surface area contributed by atoms with Gasteiger partial charge in [-0.15, -0.1) is 0 Å². The maximum Gasteiger partial charge on any atom is 0.205 e. The van der Waals surface area contributed by atoms with Crippen LogP contribution in [-0.2, 0) is 0 Å². The highest BCUT2D eigenvalue weighted by Crippen LogP contribution is 2.15. The molecule has 1 aromatic heterocycles. The first kappa shape index (κ1) is 7.67. The molecule has 64 valence electrons. The molecule has 0 atom stereocenters. The van der Waals surface area contributed by atoms with E-state index in [1.54, 1.807) is 0 Å². The molecule has 0 unspecified atom stereocenters. The number of nitrogen functional groups attached to an aromatic ring is 1. The maximum atomic E-state index is 11.2. The third-order valence-corrected chi connectivity index (χ3v) is 1.80. The Morgan fingerprint density at radius 1 is 1.08 bits per heavy atom. The number of ketones is 2. The monoisotopic (exact) mass is 174 g/mol. The molecule has 0 radical (unpaired) electrons. The number of pyridine rings is 1. The van der Waals surface area contributed by atoms with Gasteiger partial charge >= 0.3 is 0 Å². The van der Waals surface area contributed by atoms with Gasteiger partial charge in [0.2, 0.25) is 5.78 Å². The third-order valence-electron chi connectivity index (χ3n) is 1.80. The Balaban J connectivity index is 2.69. The highest BCUT2D eigenvalue weighted by atomic mass is 16.1. The fourth-order valence-corrected chi connectivity index (χ4v) is 1.18. The number of nitrogens with two attached hydrogens (primary N) is 1. The summed E-state index contributed by atoms with van der Waals surface area (Å²) in [6, 6.07) is 3.02. The molecule has 2 rings (SSSR count). The number of aromatic nitrogens is 1. The smallest absolute Gasteiger partial charge is 0.205 e. The first-order valence-electron chi connectivity index (χ1n) is 3.72.